The van der Waals surface area contributed by atoms with Gasteiger partial charge >= 0.3 is 5.97 Å². The second-order valence-electron chi connectivity index (χ2n) is 4.94. The third-order valence-electron chi connectivity index (χ3n) is 3.09. The minimum Gasteiger partial charge on any atom is -0.455 e. The van der Waals surface area contributed by atoms with E-state index in [-0.39, 0.29) is 16.7 Å². The van der Waals surface area contributed by atoms with Gasteiger partial charge in [0.15, 0.2) is 6.61 Å². The molecule has 0 aliphatic heterocycles. The monoisotopic (exact) mass is 413 g/mol. The Kier molecular flexibility index (Phi) is 5.67. The van der Waals surface area contributed by atoms with Gasteiger partial charge in [-0.2, -0.15) is 9.71 Å². The Bertz CT molecular complexity index is 985. The number of ether oxygens (including phenoxy) is 1. The lowest BCUT2D eigenvalue weighted by atomic mass is 10.2. The molecule has 11 heteroatoms. The molecule has 0 aliphatic carbocycles. The first-order valence-corrected chi connectivity index (χ1v) is 9.95. The van der Waals surface area contributed by atoms with Gasteiger partial charge in [0.05, 0.1) is 0 Å². The van der Waals surface area contributed by atoms with E-state index in [1.807, 2.05) is 0 Å². The smallest absolute Gasteiger partial charge is 0.321 e. The molecule has 0 bridgehead atoms. The molecule has 0 saturated heterocycles. The highest BCUT2D eigenvalue weighted by Gasteiger charge is 2.17. The number of thiophene rings is 1. The molecule has 3 rings (SSSR count). The van der Waals surface area contributed by atoms with E-state index < -0.39 is 22.5 Å². The lowest BCUT2D eigenvalue weighted by Gasteiger charge is -2.04. The number of hydrogen-bond acceptors (Lipinski definition) is 8. The first-order chi connectivity index (χ1) is 12.4. The van der Waals surface area contributed by atoms with Crippen LogP contribution < -0.4 is 4.72 Å². The summed E-state index contributed by atoms with van der Waals surface area (Å²) in [7, 11) is -3.72. The summed E-state index contributed by atoms with van der Waals surface area (Å²) in [5, 5.41) is 5.99. The highest BCUT2D eigenvalue weighted by molar-refractivity contribution is 7.91. The summed E-state index contributed by atoms with van der Waals surface area (Å²) >= 11 is 6.86. The SMILES string of the molecule is O=C(CNS(=O)(=O)c1cccs1)OCc1nc(-c2ccc(Cl)cc2)no1. The second-order valence-corrected chi connectivity index (χ2v) is 8.31. The summed E-state index contributed by atoms with van der Waals surface area (Å²) in [5.74, 6) is -0.355. The van der Waals surface area contributed by atoms with Crippen LogP contribution in [-0.2, 0) is 26.2 Å². The van der Waals surface area contributed by atoms with Crippen molar-refractivity contribution >= 4 is 38.9 Å². The molecule has 0 unspecified atom stereocenters. The van der Waals surface area contributed by atoms with E-state index in [2.05, 4.69) is 14.9 Å². The van der Waals surface area contributed by atoms with Crippen molar-refractivity contribution < 1.29 is 22.5 Å². The number of carbonyl (C=O) groups excluding carboxylic acids is 1. The van der Waals surface area contributed by atoms with Crippen LogP contribution >= 0.6 is 22.9 Å². The van der Waals surface area contributed by atoms with E-state index in [4.69, 9.17) is 20.9 Å². The maximum Gasteiger partial charge on any atom is 0.321 e. The average molecular weight is 414 g/mol. The molecule has 0 atom stereocenters. The lowest BCUT2D eigenvalue weighted by Crippen LogP contribution is -2.30. The van der Waals surface area contributed by atoms with Crippen LogP contribution in [0.5, 0.6) is 0 Å². The summed E-state index contributed by atoms with van der Waals surface area (Å²) in [6, 6.07) is 9.87. The fourth-order valence-corrected chi connectivity index (χ4v) is 4.00. The van der Waals surface area contributed by atoms with Crippen LogP contribution in [-0.4, -0.2) is 31.1 Å². The molecule has 0 radical (unpaired) electrons. The molecule has 0 spiro atoms. The Labute approximate surface area is 157 Å². The van der Waals surface area contributed by atoms with Crippen molar-refractivity contribution in [2.45, 2.75) is 10.8 Å². The number of nitrogens with one attached hydrogen (secondary N) is 1. The molecule has 0 aliphatic rings. The van der Waals surface area contributed by atoms with Crippen molar-refractivity contribution in [3.8, 4) is 11.4 Å². The number of esters is 1. The number of benzene rings is 1. The highest BCUT2D eigenvalue weighted by Crippen LogP contribution is 2.19. The molecule has 0 saturated carbocycles. The Balaban J connectivity index is 1.51. The van der Waals surface area contributed by atoms with Gasteiger partial charge in [-0.05, 0) is 35.7 Å². The minimum atomic E-state index is -3.72. The molecule has 0 fully saturated rings. The van der Waals surface area contributed by atoms with E-state index in [1.54, 1.807) is 35.7 Å². The van der Waals surface area contributed by atoms with Crippen molar-refractivity contribution in [3.05, 3.63) is 52.7 Å². The summed E-state index contributed by atoms with van der Waals surface area (Å²) in [6.45, 7) is -0.765. The largest absolute Gasteiger partial charge is 0.455 e. The van der Waals surface area contributed by atoms with Gasteiger partial charge in [0, 0.05) is 10.6 Å². The number of carbonyl (C=O) groups is 1. The molecule has 8 nitrogen and oxygen atoms in total. The normalized spacial score (nSPS) is 11.4. The average Bonchev–Trinajstić information content (AvgIpc) is 3.31. The molecule has 2 aromatic heterocycles. The van der Waals surface area contributed by atoms with Gasteiger partial charge in [-0.3, -0.25) is 4.79 Å². The van der Waals surface area contributed by atoms with E-state index >= 15 is 0 Å². The number of halogens is 1. The van der Waals surface area contributed by atoms with Crippen molar-refractivity contribution in [1.82, 2.24) is 14.9 Å². The molecule has 1 N–H and O–H groups in total. The van der Waals surface area contributed by atoms with Crippen LogP contribution in [0.3, 0.4) is 0 Å². The van der Waals surface area contributed by atoms with Crippen LogP contribution in [0.1, 0.15) is 5.89 Å². The predicted molar refractivity (Wildman–Crippen MR) is 94.0 cm³/mol. The number of sulfonamides is 1. The zero-order chi connectivity index (χ0) is 18.6. The molecule has 26 heavy (non-hydrogen) atoms. The second kappa shape index (κ2) is 7.96. The fourth-order valence-electron chi connectivity index (χ4n) is 1.86. The van der Waals surface area contributed by atoms with E-state index in [1.165, 1.54) is 6.07 Å². The van der Waals surface area contributed by atoms with Gasteiger partial charge in [0.1, 0.15) is 10.8 Å². The number of aromatic nitrogens is 2. The van der Waals surface area contributed by atoms with Crippen LogP contribution in [0.25, 0.3) is 11.4 Å². The summed E-state index contributed by atoms with van der Waals surface area (Å²) in [5.41, 5.74) is 0.694. The third-order valence-corrected chi connectivity index (χ3v) is 6.14. The first kappa shape index (κ1) is 18.5. The zero-order valence-electron chi connectivity index (χ0n) is 13.1. The zero-order valence-corrected chi connectivity index (χ0v) is 15.5. The van der Waals surface area contributed by atoms with Gasteiger partial charge in [-0.1, -0.05) is 22.8 Å². The van der Waals surface area contributed by atoms with Crippen LogP contribution in [0.2, 0.25) is 5.02 Å². The van der Waals surface area contributed by atoms with Gasteiger partial charge < -0.3 is 9.26 Å². The predicted octanol–water partition coefficient (Wildman–Crippen LogP) is 2.47. The van der Waals surface area contributed by atoms with Crippen molar-refractivity contribution in [2.75, 3.05) is 6.54 Å². The topological polar surface area (TPSA) is 111 Å². The van der Waals surface area contributed by atoms with Crippen molar-refractivity contribution in [3.63, 3.8) is 0 Å². The Morgan fingerprint density at radius 3 is 2.73 bits per heavy atom. The highest BCUT2D eigenvalue weighted by atomic mass is 35.5. The molecule has 1 aromatic carbocycles. The molecule has 2 heterocycles. The van der Waals surface area contributed by atoms with E-state index in [9.17, 15) is 13.2 Å². The molecular weight excluding hydrogens is 402 g/mol. The van der Waals surface area contributed by atoms with E-state index in [0.717, 1.165) is 11.3 Å². The Morgan fingerprint density at radius 2 is 2.04 bits per heavy atom. The lowest BCUT2D eigenvalue weighted by molar-refractivity contribution is -0.144. The molecule has 3 aromatic rings. The standard InChI is InChI=1S/C15H12ClN3O5S2/c16-11-5-3-10(4-6-11)15-18-12(24-19-15)9-23-13(20)8-17-26(21,22)14-2-1-7-25-14/h1-7,17H,8-9H2. The molecule has 0 amide bonds. The van der Waals surface area contributed by atoms with Crippen molar-refractivity contribution in [1.29, 1.82) is 0 Å². The number of nitrogens with zero attached hydrogens (tertiary/aromatic N) is 2. The summed E-state index contributed by atoms with van der Waals surface area (Å²) < 4.78 is 36.0. The molecule has 136 valence electrons. The van der Waals surface area contributed by atoms with Crippen LogP contribution in [0.4, 0.5) is 0 Å². The maximum absolute atomic E-state index is 11.9. The maximum atomic E-state index is 11.9. The van der Waals surface area contributed by atoms with Gasteiger partial charge in [0.2, 0.25) is 5.82 Å². The molecular formula is C15H12ClN3O5S2. The first-order valence-electron chi connectivity index (χ1n) is 7.21. The van der Waals surface area contributed by atoms with Crippen LogP contribution in [0, 0.1) is 0 Å². The summed E-state index contributed by atoms with van der Waals surface area (Å²) in [6.07, 6.45) is 0. The third kappa shape index (κ3) is 4.67. The van der Waals surface area contributed by atoms with Gasteiger partial charge in [0.25, 0.3) is 15.9 Å². The van der Waals surface area contributed by atoms with Crippen molar-refractivity contribution in [2.24, 2.45) is 0 Å². The summed E-state index contributed by atoms with van der Waals surface area (Å²) in [4.78, 5) is 15.8. The Morgan fingerprint density at radius 1 is 1.27 bits per heavy atom. The number of hydrogen-bond donors (Lipinski definition) is 1. The van der Waals surface area contributed by atoms with Gasteiger partial charge in [-0.25, -0.2) is 8.42 Å². The van der Waals surface area contributed by atoms with E-state index in [0.29, 0.717) is 16.4 Å². The number of rotatable bonds is 7. The quantitative estimate of drug-likeness (QED) is 0.592. The van der Waals surface area contributed by atoms with Crippen LogP contribution in [0.15, 0.2) is 50.5 Å². The van der Waals surface area contributed by atoms with Gasteiger partial charge in [-0.15, -0.1) is 11.3 Å². The Hall–Kier alpha value is -2.27. The minimum absolute atomic E-state index is 0.0874. The fraction of sp³-hybridized carbons (Fsp3) is 0.133.